The number of nitrogen functional groups attached to an aromatic ring is 2. The van der Waals surface area contributed by atoms with Crippen molar-refractivity contribution in [2.75, 3.05) is 18.1 Å². The first-order chi connectivity index (χ1) is 6.20. The van der Waals surface area contributed by atoms with E-state index >= 15 is 0 Å². The Labute approximate surface area is 77.5 Å². The van der Waals surface area contributed by atoms with E-state index in [2.05, 4.69) is 4.74 Å². The Balaban J connectivity index is 0.000000252. The number of ether oxygens (including phenoxy) is 1. The maximum atomic E-state index is 9.18. The Morgan fingerprint density at radius 2 is 1.92 bits per heavy atom. The van der Waals surface area contributed by atoms with Crippen LogP contribution in [0, 0.1) is 0 Å². The summed E-state index contributed by atoms with van der Waals surface area (Å²) in [5.41, 5.74) is 12.2. The third-order valence-electron chi connectivity index (χ3n) is 1.15. The van der Waals surface area contributed by atoms with E-state index in [4.69, 9.17) is 11.5 Å². The summed E-state index contributed by atoms with van der Waals surface area (Å²) in [5.74, 6) is 0. The molecule has 13 heavy (non-hydrogen) atoms. The van der Waals surface area contributed by atoms with Crippen LogP contribution < -0.4 is 11.5 Å². The zero-order valence-electron chi connectivity index (χ0n) is 7.57. The highest BCUT2D eigenvalue weighted by Gasteiger charge is 1.81. The van der Waals surface area contributed by atoms with Crippen LogP contribution in [0.5, 0.6) is 0 Å². The molecule has 4 N–H and O–H groups in total. The van der Waals surface area contributed by atoms with Crippen molar-refractivity contribution in [2.45, 2.75) is 6.92 Å². The molecule has 0 spiro atoms. The van der Waals surface area contributed by atoms with Gasteiger partial charge in [-0.25, -0.2) is 0 Å². The lowest BCUT2D eigenvalue weighted by Crippen LogP contribution is -1.87. The molecule has 0 amide bonds. The van der Waals surface area contributed by atoms with E-state index in [1.807, 2.05) is 6.07 Å². The molecule has 0 unspecified atom stereocenters. The van der Waals surface area contributed by atoms with Gasteiger partial charge in [-0.15, -0.1) is 0 Å². The summed E-state index contributed by atoms with van der Waals surface area (Å²) in [5, 5.41) is 0. The average molecular weight is 182 g/mol. The normalized spacial score (nSPS) is 8.08. The van der Waals surface area contributed by atoms with Crippen molar-refractivity contribution >= 4 is 17.8 Å². The number of hydrogen-bond donors (Lipinski definition) is 2. The summed E-state index contributed by atoms with van der Waals surface area (Å²) >= 11 is 0. The minimum Gasteiger partial charge on any atom is -0.468 e. The second-order valence-corrected chi connectivity index (χ2v) is 2.22. The van der Waals surface area contributed by atoms with Gasteiger partial charge in [-0.1, -0.05) is 6.07 Å². The van der Waals surface area contributed by atoms with E-state index < -0.39 is 0 Å². The molecule has 0 aliphatic rings. The van der Waals surface area contributed by atoms with Crippen LogP contribution in [-0.2, 0) is 9.53 Å². The Hall–Kier alpha value is -1.71. The summed E-state index contributed by atoms with van der Waals surface area (Å²) in [6, 6.07) is 7.15. The van der Waals surface area contributed by atoms with Crippen molar-refractivity contribution in [1.29, 1.82) is 0 Å². The fraction of sp³-hybridized carbons (Fsp3) is 0.222. The van der Waals surface area contributed by atoms with Gasteiger partial charge in [0.1, 0.15) is 0 Å². The summed E-state index contributed by atoms with van der Waals surface area (Å²) in [4.78, 5) is 9.18. The van der Waals surface area contributed by atoms with E-state index in [9.17, 15) is 4.79 Å². The third kappa shape index (κ3) is 6.68. The van der Waals surface area contributed by atoms with Crippen LogP contribution in [0.15, 0.2) is 24.3 Å². The fourth-order valence-electron chi connectivity index (χ4n) is 0.627. The monoisotopic (exact) mass is 182 g/mol. The number of benzene rings is 1. The van der Waals surface area contributed by atoms with Crippen LogP contribution in [0.1, 0.15) is 6.92 Å². The summed E-state index contributed by atoms with van der Waals surface area (Å²) in [6.07, 6.45) is 0. The zero-order chi connectivity index (χ0) is 10.1. The van der Waals surface area contributed by atoms with Crippen molar-refractivity contribution < 1.29 is 9.53 Å². The maximum Gasteiger partial charge on any atom is 0.293 e. The first-order valence-corrected chi connectivity index (χ1v) is 3.87. The quantitative estimate of drug-likeness (QED) is 0.529. The first kappa shape index (κ1) is 11.3. The molecule has 0 aliphatic carbocycles. The summed E-state index contributed by atoms with van der Waals surface area (Å²) in [7, 11) is 0. The predicted molar refractivity (Wildman–Crippen MR) is 53.0 cm³/mol. The molecule has 1 aromatic carbocycles. The molecule has 0 radical (unpaired) electrons. The highest BCUT2D eigenvalue weighted by Crippen LogP contribution is 2.06. The van der Waals surface area contributed by atoms with Crippen molar-refractivity contribution in [3.63, 3.8) is 0 Å². The molecule has 0 aliphatic heterocycles. The number of hydrogen-bond acceptors (Lipinski definition) is 4. The van der Waals surface area contributed by atoms with Crippen molar-refractivity contribution in [3.05, 3.63) is 24.3 Å². The molecule has 0 atom stereocenters. The van der Waals surface area contributed by atoms with Crippen LogP contribution in [0.4, 0.5) is 11.4 Å². The number of nitrogens with two attached hydrogens (primary N) is 2. The van der Waals surface area contributed by atoms with E-state index in [0.29, 0.717) is 24.5 Å². The number of anilines is 2. The molecule has 1 rings (SSSR count). The largest absolute Gasteiger partial charge is 0.468 e. The first-order valence-electron chi connectivity index (χ1n) is 3.87. The topological polar surface area (TPSA) is 78.3 Å². The Morgan fingerprint density at radius 1 is 1.38 bits per heavy atom. The van der Waals surface area contributed by atoms with Crippen LogP contribution in [0.25, 0.3) is 0 Å². The highest BCUT2D eigenvalue weighted by atomic mass is 16.5. The number of rotatable bonds is 2. The average Bonchev–Trinajstić information content (AvgIpc) is 2.06. The highest BCUT2D eigenvalue weighted by molar-refractivity contribution is 5.50. The van der Waals surface area contributed by atoms with Gasteiger partial charge < -0.3 is 16.2 Å². The van der Waals surface area contributed by atoms with Gasteiger partial charge in [-0.2, -0.15) is 0 Å². The van der Waals surface area contributed by atoms with Crippen molar-refractivity contribution in [1.82, 2.24) is 0 Å². The van der Waals surface area contributed by atoms with Gasteiger partial charge in [-0.3, -0.25) is 4.79 Å². The van der Waals surface area contributed by atoms with Crippen LogP contribution >= 0.6 is 0 Å². The zero-order valence-corrected chi connectivity index (χ0v) is 7.57. The molecule has 0 saturated heterocycles. The van der Waals surface area contributed by atoms with Crippen LogP contribution in [0.2, 0.25) is 0 Å². The number of carbonyl (C=O) groups is 1. The van der Waals surface area contributed by atoms with Crippen molar-refractivity contribution in [3.8, 4) is 0 Å². The minimum atomic E-state index is 0.431. The van der Waals surface area contributed by atoms with Crippen LogP contribution in [-0.4, -0.2) is 13.1 Å². The number of carbonyl (C=O) groups excluding carboxylic acids is 1. The van der Waals surface area contributed by atoms with Crippen molar-refractivity contribution in [2.24, 2.45) is 0 Å². The molecule has 0 fully saturated rings. The van der Waals surface area contributed by atoms with Gasteiger partial charge in [0.2, 0.25) is 0 Å². The van der Waals surface area contributed by atoms with Gasteiger partial charge in [0.15, 0.2) is 0 Å². The molecular weight excluding hydrogens is 168 g/mol. The molecule has 4 heteroatoms. The maximum absolute atomic E-state index is 9.18. The Kier molecular flexibility index (Phi) is 6.05. The second kappa shape index (κ2) is 6.97. The standard InChI is InChI=1S/C6H8N2.C3H6O2/c7-5-2-1-3-6(8)4-5;1-2-5-3-4/h1-4H,7-8H2;3H,2H2,1H3. The summed E-state index contributed by atoms with van der Waals surface area (Å²) < 4.78 is 4.15. The van der Waals surface area contributed by atoms with Gasteiger partial charge in [-0.05, 0) is 25.1 Å². The smallest absolute Gasteiger partial charge is 0.293 e. The van der Waals surface area contributed by atoms with Gasteiger partial charge >= 0.3 is 0 Å². The molecule has 0 aromatic heterocycles. The van der Waals surface area contributed by atoms with E-state index in [1.165, 1.54) is 0 Å². The fourth-order valence-corrected chi connectivity index (χ4v) is 0.627. The minimum absolute atomic E-state index is 0.431. The molecular formula is C9H14N2O2. The lowest BCUT2D eigenvalue weighted by molar-refractivity contribution is -0.128. The molecule has 0 bridgehead atoms. The SMILES string of the molecule is CCOC=O.Nc1cccc(N)c1. The molecule has 0 saturated carbocycles. The summed E-state index contributed by atoms with van der Waals surface area (Å²) in [6.45, 7) is 2.66. The van der Waals surface area contributed by atoms with E-state index in [0.717, 1.165) is 0 Å². The Morgan fingerprint density at radius 3 is 2.08 bits per heavy atom. The van der Waals surface area contributed by atoms with Crippen LogP contribution in [0.3, 0.4) is 0 Å². The van der Waals surface area contributed by atoms with Gasteiger partial charge in [0.25, 0.3) is 6.47 Å². The lowest BCUT2D eigenvalue weighted by Gasteiger charge is -1.91. The molecule has 0 heterocycles. The van der Waals surface area contributed by atoms with Gasteiger partial charge in [0, 0.05) is 11.4 Å². The Bertz CT molecular complexity index is 234. The van der Waals surface area contributed by atoms with E-state index in [1.54, 1.807) is 25.1 Å². The van der Waals surface area contributed by atoms with E-state index in [-0.39, 0.29) is 0 Å². The van der Waals surface area contributed by atoms with Gasteiger partial charge in [0.05, 0.1) is 6.61 Å². The molecule has 1 aromatic rings. The predicted octanol–water partition coefficient (Wildman–Crippen LogP) is 1.03. The second-order valence-electron chi connectivity index (χ2n) is 2.22. The third-order valence-corrected chi connectivity index (χ3v) is 1.15. The molecule has 4 nitrogen and oxygen atoms in total. The molecule has 72 valence electrons. The lowest BCUT2D eigenvalue weighted by atomic mass is 10.3.